The third kappa shape index (κ3) is 4.80. The second kappa shape index (κ2) is 8.29. The number of methoxy groups -OCH3 is 1. The summed E-state index contributed by atoms with van der Waals surface area (Å²) in [5.41, 5.74) is 1.11. The van der Waals surface area contributed by atoms with Crippen LogP contribution in [0.1, 0.15) is 18.9 Å². The Bertz CT molecular complexity index is 360. The summed E-state index contributed by atoms with van der Waals surface area (Å²) in [5.74, 6) is 0.799. The van der Waals surface area contributed by atoms with Gasteiger partial charge in [-0.25, -0.2) is 4.98 Å². The van der Waals surface area contributed by atoms with Crippen LogP contribution >= 0.6 is 11.6 Å². The van der Waals surface area contributed by atoms with Crippen LogP contribution in [-0.2, 0) is 11.3 Å². The lowest BCUT2D eigenvalue weighted by Gasteiger charge is -2.19. The third-order valence-corrected chi connectivity index (χ3v) is 2.90. The Morgan fingerprint density at radius 2 is 2.28 bits per heavy atom. The largest absolute Gasteiger partial charge is 0.383 e. The van der Waals surface area contributed by atoms with Crippen LogP contribution in [0.2, 0.25) is 5.02 Å². The van der Waals surface area contributed by atoms with Gasteiger partial charge in [-0.05, 0) is 24.6 Å². The molecule has 0 saturated carbocycles. The molecule has 0 fully saturated rings. The molecule has 0 atom stereocenters. The number of halogens is 1. The van der Waals surface area contributed by atoms with E-state index in [4.69, 9.17) is 16.3 Å². The quantitative estimate of drug-likeness (QED) is 0.737. The van der Waals surface area contributed by atoms with Crippen molar-refractivity contribution < 1.29 is 4.74 Å². The van der Waals surface area contributed by atoms with Crippen LogP contribution < -0.4 is 10.2 Å². The second-order valence-electron chi connectivity index (χ2n) is 4.24. The molecule has 0 saturated heterocycles. The normalized spacial score (nSPS) is 10.7. The number of aromatic nitrogens is 1. The lowest BCUT2D eigenvalue weighted by molar-refractivity contribution is 0.206. The fourth-order valence-corrected chi connectivity index (χ4v) is 1.92. The third-order valence-electron chi connectivity index (χ3n) is 2.63. The van der Waals surface area contributed by atoms with Crippen molar-refractivity contribution in [2.75, 3.05) is 38.8 Å². The zero-order valence-electron chi connectivity index (χ0n) is 11.4. The second-order valence-corrected chi connectivity index (χ2v) is 4.65. The number of likely N-dealkylation sites (N-methyl/N-ethyl adjacent to an activating group) is 1. The van der Waals surface area contributed by atoms with E-state index in [0.29, 0.717) is 11.6 Å². The van der Waals surface area contributed by atoms with Crippen molar-refractivity contribution in [2.45, 2.75) is 19.9 Å². The Kier molecular flexibility index (Phi) is 7.01. The molecule has 1 N–H and O–H groups in total. The SMILES string of the molecule is CCCNCc1cnc(N(C)CCOC)c(Cl)c1. The molecule has 0 unspecified atom stereocenters. The molecule has 0 aliphatic carbocycles. The Balaban J connectivity index is 2.61. The average Bonchev–Trinajstić information content (AvgIpc) is 2.36. The molecule has 0 bridgehead atoms. The van der Waals surface area contributed by atoms with Crippen LogP contribution in [0.15, 0.2) is 12.3 Å². The first-order valence-electron chi connectivity index (χ1n) is 6.24. The summed E-state index contributed by atoms with van der Waals surface area (Å²) in [5, 5.41) is 4.01. The number of anilines is 1. The first-order valence-corrected chi connectivity index (χ1v) is 6.62. The molecule has 4 nitrogen and oxygen atoms in total. The molecule has 0 amide bonds. The number of ether oxygens (including phenoxy) is 1. The van der Waals surface area contributed by atoms with Crippen molar-refractivity contribution in [3.63, 3.8) is 0 Å². The minimum Gasteiger partial charge on any atom is -0.383 e. The van der Waals surface area contributed by atoms with Crippen molar-refractivity contribution in [3.05, 3.63) is 22.8 Å². The maximum atomic E-state index is 6.24. The summed E-state index contributed by atoms with van der Waals surface area (Å²) >= 11 is 6.24. The van der Waals surface area contributed by atoms with Crippen molar-refractivity contribution in [1.29, 1.82) is 0 Å². The van der Waals surface area contributed by atoms with E-state index >= 15 is 0 Å². The molecule has 0 aromatic carbocycles. The summed E-state index contributed by atoms with van der Waals surface area (Å²) in [6.45, 7) is 5.40. The van der Waals surface area contributed by atoms with Gasteiger partial charge in [0.1, 0.15) is 5.82 Å². The molecule has 1 rings (SSSR count). The topological polar surface area (TPSA) is 37.4 Å². The average molecular weight is 272 g/mol. The number of rotatable bonds is 8. The van der Waals surface area contributed by atoms with Crippen molar-refractivity contribution >= 4 is 17.4 Å². The highest BCUT2D eigenvalue weighted by atomic mass is 35.5. The van der Waals surface area contributed by atoms with E-state index in [-0.39, 0.29) is 0 Å². The highest BCUT2D eigenvalue weighted by molar-refractivity contribution is 6.33. The van der Waals surface area contributed by atoms with Gasteiger partial charge in [-0.2, -0.15) is 0 Å². The Morgan fingerprint density at radius 3 is 2.89 bits per heavy atom. The van der Waals surface area contributed by atoms with Gasteiger partial charge in [0.25, 0.3) is 0 Å². The predicted molar refractivity (Wildman–Crippen MR) is 76.4 cm³/mol. The van der Waals surface area contributed by atoms with Gasteiger partial charge in [0.15, 0.2) is 0 Å². The first-order chi connectivity index (χ1) is 8.69. The molecule has 1 aromatic heterocycles. The Morgan fingerprint density at radius 1 is 1.50 bits per heavy atom. The van der Waals surface area contributed by atoms with E-state index < -0.39 is 0 Å². The van der Waals surface area contributed by atoms with E-state index in [0.717, 1.165) is 37.4 Å². The Hall–Kier alpha value is -0.840. The van der Waals surface area contributed by atoms with E-state index in [1.54, 1.807) is 7.11 Å². The lowest BCUT2D eigenvalue weighted by Crippen LogP contribution is -2.23. The molecule has 0 radical (unpaired) electrons. The number of nitrogens with one attached hydrogen (secondary N) is 1. The molecule has 5 heteroatoms. The van der Waals surface area contributed by atoms with Crippen LogP contribution in [0.3, 0.4) is 0 Å². The maximum Gasteiger partial charge on any atom is 0.147 e. The predicted octanol–water partition coefficient (Wildman–Crippen LogP) is 2.32. The van der Waals surface area contributed by atoms with Crippen LogP contribution in [0.5, 0.6) is 0 Å². The zero-order chi connectivity index (χ0) is 13.4. The van der Waals surface area contributed by atoms with Gasteiger partial charge in [0.2, 0.25) is 0 Å². The van der Waals surface area contributed by atoms with E-state index in [2.05, 4.69) is 17.2 Å². The van der Waals surface area contributed by atoms with Gasteiger partial charge in [0.05, 0.1) is 11.6 Å². The van der Waals surface area contributed by atoms with Gasteiger partial charge in [0, 0.05) is 33.4 Å². The minimum atomic E-state index is 0.661. The van der Waals surface area contributed by atoms with Gasteiger partial charge in [-0.1, -0.05) is 18.5 Å². The summed E-state index contributed by atoms with van der Waals surface area (Å²) in [4.78, 5) is 6.40. The van der Waals surface area contributed by atoms with Crippen molar-refractivity contribution in [1.82, 2.24) is 10.3 Å². The minimum absolute atomic E-state index is 0.661. The zero-order valence-corrected chi connectivity index (χ0v) is 12.1. The molecule has 0 aliphatic heterocycles. The summed E-state index contributed by atoms with van der Waals surface area (Å²) < 4.78 is 5.04. The standard InChI is InChI=1S/C13H22ClN3O/c1-4-5-15-9-11-8-12(14)13(16-10-11)17(2)6-7-18-3/h8,10,15H,4-7,9H2,1-3H3. The van der Waals surface area contributed by atoms with E-state index in [9.17, 15) is 0 Å². The van der Waals surface area contributed by atoms with Crippen LogP contribution in [0.25, 0.3) is 0 Å². The Labute approximate surface area is 114 Å². The van der Waals surface area contributed by atoms with Crippen molar-refractivity contribution in [3.8, 4) is 0 Å². The molecule has 1 heterocycles. The molecule has 18 heavy (non-hydrogen) atoms. The van der Waals surface area contributed by atoms with Crippen molar-refractivity contribution in [2.24, 2.45) is 0 Å². The summed E-state index contributed by atoms with van der Waals surface area (Å²) in [6.07, 6.45) is 2.99. The molecule has 1 aromatic rings. The van der Waals surface area contributed by atoms with Crippen LogP contribution in [0.4, 0.5) is 5.82 Å². The van der Waals surface area contributed by atoms with E-state index in [1.807, 2.05) is 24.2 Å². The number of nitrogens with zero attached hydrogens (tertiary/aromatic N) is 2. The number of hydrogen-bond donors (Lipinski definition) is 1. The molecule has 0 aliphatic rings. The van der Waals surface area contributed by atoms with Crippen LogP contribution in [-0.4, -0.2) is 38.8 Å². The number of hydrogen-bond acceptors (Lipinski definition) is 4. The van der Waals surface area contributed by atoms with E-state index in [1.165, 1.54) is 0 Å². The smallest absolute Gasteiger partial charge is 0.147 e. The highest BCUT2D eigenvalue weighted by Gasteiger charge is 2.08. The molecule has 102 valence electrons. The summed E-state index contributed by atoms with van der Waals surface area (Å²) in [6, 6.07) is 1.97. The van der Waals surface area contributed by atoms with Gasteiger partial charge < -0.3 is 15.0 Å². The molecule has 0 spiro atoms. The highest BCUT2D eigenvalue weighted by Crippen LogP contribution is 2.22. The van der Waals surface area contributed by atoms with Gasteiger partial charge in [-0.3, -0.25) is 0 Å². The monoisotopic (exact) mass is 271 g/mol. The lowest BCUT2D eigenvalue weighted by atomic mass is 10.2. The number of pyridine rings is 1. The summed E-state index contributed by atoms with van der Waals surface area (Å²) in [7, 11) is 3.65. The van der Waals surface area contributed by atoms with Gasteiger partial charge in [-0.15, -0.1) is 0 Å². The maximum absolute atomic E-state index is 6.24. The van der Waals surface area contributed by atoms with Gasteiger partial charge >= 0.3 is 0 Å². The first kappa shape index (κ1) is 15.2. The van der Waals surface area contributed by atoms with Crippen LogP contribution in [0, 0.1) is 0 Å². The fourth-order valence-electron chi connectivity index (χ4n) is 1.59. The molecular formula is C13H22ClN3O. The fraction of sp³-hybridized carbons (Fsp3) is 0.615. The molecular weight excluding hydrogens is 250 g/mol.